The first-order valence-corrected chi connectivity index (χ1v) is 8.46. The van der Waals surface area contributed by atoms with Crippen molar-refractivity contribution >= 4 is 11.8 Å². The summed E-state index contributed by atoms with van der Waals surface area (Å²) in [5, 5.41) is 2.96. The SMILES string of the molecule is CN1C(=O)CC[C@H](C(=O)NC[C@H]2CCCO2)[C@H]1c1ccc(F)cc1. The van der Waals surface area contributed by atoms with Gasteiger partial charge in [0.2, 0.25) is 11.8 Å². The maximum absolute atomic E-state index is 13.2. The molecule has 0 saturated carbocycles. The van der Waals surface area contributed by atoms with E-state index < -0.39 is 0 Å². The van der Waals surface area contributed by atoms with E-state index >= 15 is 0 Å². The number of rotatable bonds is 4. The molecule has 1 N–H and O–H groups in total. The van der Waals surface area contributed by atoms with Crippen LogP contribution >= 0.6 is 0 Å². The van der Waals surface area contributed by atoms with Crippen LogP contribution in [-0.2, 0) is 14.3 Å². The molecule has 6 heteroatoms. The average Bonchev–Trinajstić information content (AvgIpc) is 3.09. The highest BCUT2D eigenvalue weighted by atomic mass is 19.1. The molecule has 0 aromatic heterocycles. The zero-order valence-corrected chi connectivity index (χ0v) is 13.8. The fourth-order valence-electron chi connectivity index (χ4n) is 3.58. The van der Waals surface area contributed by atoms with Gasteiger partial charge >= 0.3 is 0 Å². The third-order valence-corrected chi connectivity index (χ3v) is 4.94. The molecule has 2 aliphatic heterocycles. The third kappa shape index (κ3) is 3.59. The lowest BCUT2D eigenvalue weighted by molar-refractivity contribution is -0.141. The van der Waals surface area contributed by atoms with Crippen molar-refractivity contribution in [3.05, 3.63) is 35.6 Å². The molecule has 0 radical (unpaired) electrons. The summed E-state index contributed by atoms with van der Waals surface area (Å²) in [5.41, 5.74) is 0.782. The zero-order chi connectivity index (χ0) is 17.1. The van der Waals surface area contributed by atoms with Crippen molar-refractivity contribution in [2.24, 2.45) is 5.92 Å². The predicted octanol–water partition coefficient (Wildman–Crippen LogP) is 2.03. The molecule has 24 heavy (non-hydrogen) atoms. The average molecular weight is 334 g/mol. The van der Waals surface area contributed by atoms with Crippen LogP contribution in [0.1, 0.15) is 37.3 Å². The summed E-state index contributed by atoms with van der Waals surface area (Å²) in [6.07, 6.45) is 2.93. The molecular weight excluding hydrogens is 311 g/mol. The molecule has 2 aliphatic rings. The van der Waals surface area contributed by atoms with E-state index in [0.717, 1.165) is 25.0 Å². The molecule has 0 unspecified atom stereocenters. The topological polar surface area (TPSA) is 58.6 Å². The summed E-state index contributed by atoms with van der Waals surface area (Å²) >= 11 is 0. The van der Waals surface area contributed by atoms with Crippen molar-refractivity contribution in [1.29, 1.82) is 0 Å². The fourth-order valence-corrected chi connectivity index (χ4v) is 3.58. The molecule has 0 spiro atoms. The van der Waals surface area contributed by atoms with Gasteiger partial charge in [-0.05, 0) is 37.0 Å². The molecule has 5 nitrogen and oxygen atoms in total. The molecule has 0 bridgehead atoms. The fraction of sp³-hybridized carbons (Fsp3) is 0.556. The Morgan fingerprint density at radius 1 is 1.33 bits per heavy atom. The summed E-state index contributed by atoms with van der Waals surface area (Å²) < 4.78 is 18.7. The maximum Gasteiger partial charge on any atom is 0.225 e. The van der Waals surface area contributed by atoms with Crippen LogP contribution < -0.4 is 5.32 Å². The van der Waals surface area contributed by atoms with E-state index in [1.165, 1.54) is 12.1 Å². The van der Waals surface area contributed by atoms with Crippen LogP contribution in [0, 0.1) is 11.7 Å². The number of piperidine rings is 1. The number of likely N-dealkylation sites (tertiary alicyclic amines) is 1. The van der Waals surface area contributed by atoms with Gasteiger partial charge in [-0.2, -0.15) is 0 Å². The molecule has 0 aliphatic carbocycles. The number of amides is 2. The number of nitrogens with one attached hydrogen (secondary N) is 1. The summed E-state index contributed by atoms with van der Waals surface area (Å²) in [6.45, 7) is 1.25. The Morgan fingerprint density at radius 2 is 2.08 bits per heavy atom. The number of halogens is 1. The standard InChI is InChI=1S/C18H23FN2O3/c1-21-16(22)9-8-15(17(21)12-4-6-13(19)7-5-12)18(23)20-11-14-3-2-10-24-14/h4-7,14-15,17H,2-3,8-11H2,1H3,(H,20,23)/t14-,15+,17-/m1/s1. The minimum absolute atomic E-state index is 0.00695. The van der Waals surface area contributed by atoms with Crippen molar-refractivity contribution in [2.75, 3.05) is 20.2 Å². The van der Waals surface area contributed by atoms with Crippen molar-refractivity contribution in [2.45, 2.75) is 37.8 Å². The maximum atomic E-state index is 13.2. The second kappa shape index (κ2) is 7.30. The van der Waals surface area contributed by atoms with Crippen LogP contribution in [0.25, 0.3) is 0 Å². The lowest BCUT2D eigenvalue weighted by atomic mass is 9.84. The van der Waals surface area contributed by atoms with Gasteiger partial charge in [0.15, 0.2) is 0 Å². The highest BCUT2D eigenvalue weighted by molar-refractivity contribution is 5.84. The van der Waals surface area contributed by atoms with Crippen LogP contribution in [0.2, 0.25) is 0 Å². The molecule has 130 valence electrons. The lowest BCUT2D eigenvalue weighted by Gasteiger charge is -2.38. The van der Waals surface area contributed by atoms with Crippen molar-refractivity contribution in [1.82, 2.24) is 10.2 Å². The summed E-state index contributed by atoms with van der Waals surface area (Å²) in [4.78, 5) is 26.4. The first kappa shape index (κ1) is 16.9. The minimum atomic E-state index is -0.364. The van der Waals surface area contributed by atoms with Crippen LogP contribution in [0.4, 0.5) is 4.39 Å². The highest BCUT2D eigenvalue weighted by Crippen LogP contribution is 2.36. The second-order valence-electron chi connectivity index (χ2n) is 6.53. The number of hydrogen-bond donors (Lipinski definition) is 1. The van der Waals surface area contributed by atoms with Gasteiger partial charge in [0.25, 0.3) is 0 Å². The van der Waals surface area contributed by atoms with E-state index in [2.05, 4.69) is 5.32 Å². The van der Waals surface area contributed by atoms with E-state index in [4.69, 9.17) is 4.74 Å². The van der Waals surface area contributed by atoms with Gasteiger partial charge in [-0.25, -0.2) is 4.39 Å². The highest BCUT2D eigenvalue weighted by Gasteiger charge is 2.38. The van der Waals surface area contributed by atoms with Gasteiger partial charge in [-0.15, -0.1) is 0 Å². The number of carbonyl (C=O) groups is 2. The van der Waals surface area contributed by atoms with E-state index in [1.807, 2.05) is 0 Å². The molecule has 2 fully saturated rings. The molecule has 3 rings (SSSR count). The Balaban J connectivity index is 1.74. The van der Waals surface area contributed by atoms with Crippen LogP contribution in [-0.4, -0.2) is 43.0 Å². The molecule has 1 aromatic rings. The first-order valence-electron chi connectivity index (χ1n) is 8.46. The smallest absolute Gasteiger partial charge is 0.225 e. The van der Waals surface area contributed by atoms with Gasteiger partial charge in [0.05, 0.1) is 18.1 Å². The monoisotopic (exact) mass is 334 g/mol. The largest absolute Gasteiger partial charge is 0.376 e. The van der Waals surface area contributed by atoms with E-state index in [-0.39, 0.29) is 35.7 Å². The molecular formula is C18H23FN2O3. The van der Waals surface area contributed by atoms with Crippen molar-refractivity contribution in [3.8, 4) is 0 Å². The van der Waals surface area contributed by atoms with Gasteiger partial charge in [0.1, 0.15) is 5.82 Å². The van der Waals surface area contributed by atoms with Crippen LogP contribution in [0.3, 0.4) is 0 Å². The first-order chi connectivity index (χ1) is 11.6. The van der Waals surface area contributed by atoms with E-state index in [9.17, 15) is 14.0 Å². The normalized spacial score (nSPS) is 27.3. The Bertz CT molecular complexity index is 599. The second-order valence-corrected chi connectivity index (χ2v) is 6.53. The van der Waals surface area contributed by atoms with E-state index in [0.29, 0.717) is 19.4 Å². The van der Waals surface area contributed by atoms with Crippen LogP contribution in [0.5, 0.6) is 0 Å². The van der Waals surface area contributed by atoms with Gasteiger partial charge < -0.3 is 15.0 Å². The molecule has 2 heterocycles. The summed E-state index contributed by atoms with van der Waals surface area (Å²) in [6, 6.07) is 5.66. The van der Waals surface area contributed by atoms with Gasteiger partial charge in [-0.3, -0.25) is 9.59 Å². The molecule has 1 aromatic carbocycles. The lowest BCUT2D eigenvalue weighted by Crippen LogP contribution is -2.47. The summed E-state index contributed by atoms with van der Waals surface area (Å²) in [7, 11) is 1.70. The van der Waals surface area contributed by atoms with Crippen LogP contribution in [0.15, 0.2) is 24.3 Å². The third-order valence-electron chi connectivity index (χ3n) is 4.94. The predicted molar refractivity (Wildman–Crippen MR) is 86.6 cm³/mol. The van der Waals surface area contributed by atoms with Crippen molar-refractivity contribution in [3.63, 3.8) is 0 Å². The molecule has 3 atom stereocenters. The number of ether oxygens (including phenoxy) is 1. The quantitative estimate of drug-likeness (QED) is 0.917. The van der Waals surface area contributed by atoms with Gasteiger partial charge in [0, 0.05) is 26.6 Å². The van der Waals surface area contributed by atoms with E-state index in [1.54, 1.807) is 24.1 Å². The van der Waals surface area contributed by atoms with Crippen molar-refractivity contribution < 1.29 is 18.7 Å². The zero-order valence-electron chi connectivity index (χ0n) is 13.8. The Morgan fingerprint density at radius 3 is 2.75 bits per heavy atom. The minimum Gasteiger partial charge on any atom is -0.376 e. The number of benzene rings is 1. The Labute approximate surface area is 141 Å². The Hall–Kier alpha value is -1.95. The molecule has 2 saturated heterocycles. The molecule has 2 amide bonds. The number of hydrogen-bond acceptors (Lipinski definition) is 3. The summed E-state index contributed by atoms with van der Waals surface area (Å²) in [5.74, 6) is -0.728. The number of nitrogens with zero attached hydrogens (tertiary/aromatic N) is 1. The Kier molecular flexibility index (Phi) is 5.14. The number of carbonyl (C=O) groups excluding carboxylic acids is 2. The van der Waals surface area contributed by atoms with Gasteiger partial charge in [-0.1, -0.05) is 12.1 Å².